The van der Waals surface area contributed by atoms with Gasteiger partial charge in [0.25, 0.3) is 0 Å². The zero-order chi connectivity index (χ0) is 8.85. The van der Waals surface area contributed by atoms with E-state index in [2.05, 4.69) is 27.7 Å². The Hall–Kier alpha value is 0.310. The topological polar surface area (TPSA) is 26.0 Å². The predicted octanol–water partition coefficient (Wildman–Crippen LogP) is 2.36. The second-order valence-electron chi connectivity index (χ2n) is 3.62. The van der Waals surface area contributed by atoms with Crippen molar-refractivity contribution in [1.29, 1.82) is 0 Å². The van der Waals surface area contributed by atoms with Crippen LogP contribution in [-0.2, 0) is 0 Å². The monoisotopic (exact) mass is 175 g/mol. The SMILES string of the molecule is CC(CN)CSC(C)C(C)C. The van der Waals surface area contributed by atoms with E-state index in [1.165, 1.54) is 5.75 Å². The Bertz CT molecular complexity index is 93.6. The quantitative estimate of drug-likeness (QED) is 0.694. The van der Waals surface area contributed by atoms with Gasteiger partial charge >= 0.3 is 0 Å². The number of nitrogens with two attached hydrogens (primary N) is 1. The molecule has 0 radical (unpaired) electrons. The standard InChI is InChI=1S/C9H21NS/c1-7(2)9(4)11-6-8(3)5-10/h7-9H,5-6,10H2,1-4H3. The second kappa shape index (κ2) is 5.90. The maximum atomic E-state index is 5.52. The highest BCUT2D eigenvalue weighted by Crippen LogP contribution is 2.20. The summed E-state index contributed by atoms with van der Waals surface area (Å²) in [7, 11) is 0. The first-order valence-electron chi connectivity index (χ1n) is 4.39. The van der Waals surface area contributed by atoms with Crippen molar-refractivity contribution in [3.8, 4) is 0 Å². The van der Waals surface area contributed by atoms with Gasteiger partial charge in [0.1, 0.15) is 0 Å². The predicted molar refractivity (Wildman–Crippen MR) is 55.0 cm³/mol. The Morgan fingerprint density at radius 3 is 2.09 bits per heavy atom. The molecule has 0 aliphatic heterocycles. The van der Waals surface area contributed by atoms with E-state index in [-0.39, 0.29) is 0 Å². The molecule has 0 fully saturated rings. The first kappa shape index (κ1) is 11.3. The lowest BCUT2D eigenvalue weighted by Crippen LogP contribution is -2.16. The van der Waals surface area contributed by atoms with Gasteiger partial charge in [-0.1, -0.05) is 27.7 Å². The van der Waals surface area contributed by atoms with E-state index in [0.29, 0.717) is 5.92 Å². The first-order chi connectivity index (χ1) is 5.07. The molecule has 0 aliphatic carbocycles. The van der Waals surface area contributed by atoms with E-state index >= 15 is 0 Å². The molecule has 0 aromatic rings. The highest BCUT2D eigenvalue weighted by Gasteiger charge is 2.08. The molecule has 0 aliphatic rings. The van der Waals surface area contributed by atoms with Gasteiger partial charge in [-0.15, -0.1) is 0 Å². The zero-order valence-electron chi connectivity index (χ0n) is 8.13. The smallest absolute Gasteiger partial charge is 0.00418 e. The van der Waals surface area contributed by atoms with Crippen molar-refractivity contribution in [2.45, 2.75) is 32.9 Å². The van der Waals surface area contributed by atoms with Crippen LogP contribution < -0.4 is 5.73 Å². The molecule has 68 valence electrons. The van der Waals surface area contributed by atoms with Crippen molar-refractivity contribution >= 4 is 11.8 Å². The van der Waals surface area contributed by atoms with E-state index < -0.39 is 0 Å². The van der Waals surface area contributed by atoms with Crippen LogP contribution >= 0.6 is 11.8 Å². The molecule has 0 amide bonds. The average Bonchev–Trinajstić information content (AvgIpc) is 1.99. The minimum absolute atomic E-state index is 0.668. The minimum Gasteiger partial charge on any atom is -0.330 e. The summed E-state index contributed by atoms with van der Waals surface area (Å²) >= 11 is 2.04. The molecule has 0 saturated carbocycles. The van der Waals surface area contributed by atoms with Gasteiger partial charge in [-0.2, -0.15) is 11.8 Å². The fourth-order valence-corrected chi connectivity index (χ4v) is 1.73. The summed E-state index contributed by atoms with van der Waals surface area (Å²) in [6.07, 6.45) is 0. The first-order valence-corrected chi connectivity index (χ1v) is 5.44. The molecular formula is C9H21NS. The second-order valence-corrected chi connectivity index (χ2v) is 5.03. The molecule has 1 nitrogen and oxygen atoms in total. The van der Waals surface area contributed by atoms with Crippen LogP contribution in [0.5, 0.6) is 0 Å². The van der Waals surface area contributed by atoms with Crippen molar-refractivity contribution in [2.24, 2.45) is 17.6 Å². The van der Waals surface area contributed by atoms with Gasteiger partial charge in [-0.25, -0.2) is 0 Å². The number of hydrogen-bond acceptors (Lipinski definition) is 2. The molecule has 2 atom stereocenters. The fraction of sp³-hybridized carbons (Fsp3) is 1.00. The average molecular weight is 175 g/mol. The van der Waals surface area contributed by atoms with Crippen molar-refractivity contribution in [3.63, 3.8) is 0 Å². The van der Waals surface area contributed by atoms with Crippen LogP contribution in [0.3, 0.4) is 0 Å². The molecule has 0 spiro atoms. The van der Waals surface area contributed by atoms with Gasteiger partial charge in [0, 0.05) is 5.25 Å². The Morgan fingerprint density at radius 2 is 1.73 bits per heavy atom. The highest BCUT2D eigenvalue weighted by atomic mass is 32.2. The van der Waals surface area contributed by atoms with Crippen LogP contribution in [0, 0.1) is 11.8 Å². The molecule has 0 aromatic carbocycles. The van der Waals surface area contributed by atoms with Gasteiger partial charge < -0.3 is 5.73 Å². The lowest BCUT2D eigenvalue weighted by Gasteiger charge is -2.16. The third-order valence-electron chi connectivity index (χ3n) is 1.98. The van der Waals surface area contributed by atoms with Gasteiger partial charge in [0.05, 0.1) is 0 Å². The number of hydrogen-bond donors (Lipinski definition) is 1. The van der Waals surface area contributed by atoms with Crippen LogP contribution in [0.15, 0.2) is 0 Å². The molecule has 2 unspecified atom stereocenters. The Kier molecular flexibility index (Phi) is 6.06. The maximum absolute atomic E-state index is 5.52. The van der Waals surface area contributed by atoms with Gasteiger partial charge in [-0.05, 0) is 24.1 Å². The van der Waals surface area contributed by atoms with E-state index in [1.54, 1.807) is 0 Å². The number of rotatable bonds is 5. The van der Waals surface area contributed by atoms with E-state index in [9.17, 15) is 0 Å². The summed E-state index contributed by atoms with van der Waals surface area (Å²) in [6, 6.07) is 0. The normalized spacial score (nSPS) is 16.9. The van der Waals surface area contributed by atoms with Crippen LogP contribution in [0.4, 0.5) is 0 Å². The lowest BCUT2D eigenvalue weighted by molar-refractivity contribution is 0.631. The molecule has 2 heteroatoms. The lowest BCUT2D eigenvalue weighted by atomic mass is 10.2. The van der Waals surface area contributed by atoms with Gasteiger partial charge in [0.15, 0.2) is 0 Å². The largest absolute Gasteiger partial charge is 0.330 e. The highest BCUT2D eigenvalue weighted by molar-refractivity contribution is 7.99. The van der Waals surface area contributed by atoms with Gasteiger partial charge in [0.2, 0.25) is 0 Å². The van der Waals surface area contributed by atoms with Crippen LogP contribution in [0.1, 0.15) is 27.7 Å². The van der Waals surface area contributed by atoms with Crippen LogP contribution in [0.2, 0.25) is 0 Å². The summed E-state index contributed by atoms with van der Waals surface area (Å²) in [5, 5.41) is 0.768. The fourth-order valence-electron chi connectivity index (χ4n) is 0.577. The van der Waals surface area contributed by atoms with Crippen LogP contribution in [0.25, 0.3) is 0 Å². The van der Waals surface area contributed by atoms with Crippen LogP contribution in [-0.4, -0.2) is 17.5 Å². The summed E-state index contributed by atoms with van der Waals surface area (Å²) in [5.74, 6) is 2.65. The van der Waals surface area contributed by atoms with Crippen molar-refractivity contribution in [1.82, 2.24) is 0 Å². The van der Waals surface area contributed by atoms with E-state index in [0.717, 1.165) is 17.7 Å². The minimum atomic E-state index is 0.668. The molecule has 0 rings (SSSR count). The summed E-state index contributed by atoms with van der Waals surface area (Å²) in [6.45, 7) is 9.85. The third-order valence-corrected chi connectivity index (χ3v) is 3.82. The zero-order valence-corrected chi connectivity index (χ0v) is 8.95. The van der Waals surface area contributed by atoms with Gasteiger partial charge in [-0.3, -0.25) is 0 Å². The molecule has 0 aromatic heterocycles. The summed E-state index contributed by atoms with van der Waals surface area (Å²) < 4.78 is 0. The van der Waals surface area contributed by atoms with E-state index in [4.69, 9.17) is 5.73 Å². The van der Waals surface area contributed by atoms with Crippen molar-refractivity contribution in [2.75, 3.05) is 12.3 Å². The molecule has 0 bridgehead atoms. The molecule has 2 N–H and O–H groups in total. The summed E-state index contributed by atoms with van der Waals surface area (Å²) in [4.78, 5) is 0. The maximum Gasteiger partial charge on any atom is 0.00418 e. The molecule has 0 saturated heterocycles. The third kappa shape index (κ3) is 5.57. The van der Waals surface area contributed by atoms with E-state index in [1.807, 2.05) is 11.8 Å². The molecular weight excluding hydrogens is 154 g/mol. The summed E-state index contributed by atoms with van der Waals surface area (Å²) in [5.41, 5.74) is 5.52. The Balaban J connectivity index is 3.37. The molecule has 11 heavy (non-hydrogen) atoms. The van der Waals surface area contributed by atoms with Crippen molar-refractivity contribution < 1.29 is 0 Å². The number of thioether (sulfide) groups is 1. The Morgan fingerprint density at radius 1 is 1.18 bits per heavy atom. The molecule has 0 heterocycles. The van der Waals surface area contributed by atoms with Crippen molar-refractivity contribution in [3.05, 3.63) is 0 Å². The Labute approximate surface area is 75.1 Å².